The van der Waals surface area contributed by atoms with Crippen LogP contribution in [0.25, 0.3) is 0 Å². The van der Waals surface area contributed by atoms with Gasteiger partial charge in [-0.15, -0.1) is 0 Å². The SMILES string of the molecule is CCC[C@@H](O)[C@@H](O)[C@@H](O)[C@@H](O)CCC. The van der Waals surface area contributed by atoms with Crippen LogP contribution in [0.3, 0.4) is 0 Å². The lowest BCUT2D eigenvalue weighted by atomic mass is 9.98. The van der Waals surface area contributed by atoms with Crippen molar-refractivity contribution in [1.82, 2.24) is 0 Å². The average molecular weight is 206 g/mol. The van der Waals surface area contributed by atoms with E-state index in [9.17, 15) is 20.4 Å². The number of aliphatic hydroxyl groups is 4. The molecule has 4 N–H and O–H groups in total. The van der Waals surface area contributed by atoms with Crippen LogP contribution in [0.1, 0.15) is 39.5 Å². The van der Waals surface area contributed by atoms with Gasteiger partial charge in [-0.1, -0.05) is 26.7 Å². The lowest BCUT2D eigenvalue weighted by molar-refractivity contribution is -0.108. The monoisotopic (exact) mass is 206 g/mol. The summed E-state index contributed by atoms with van der Waals surface area (Å²) in [5, 5.41) is 37.7. The van der Waals surface area contributed by atoms with Crippen LogP contribution in [0.5, 0.6) is 0 Å². The van der Waals surface area contributed by atoms with E-state index in [-0.39, 0.29) is 0 Å². The van der Waals surface area contributed by atoms with Gasteiger partial charge in [-0.25, -0.2) is 0 Å². The zero-order valence-corrected chi connectivity index (χ0v) is 8.93. The topological polar surface area (TPSA) is 80.9 Å². The summed E-state index contributed by atoms with van der Waals surface area (Å²) in [4.78, 5) is 0. The Hall–Kier alpha value is -0.160. The maximum atomic E-state index is 9.45. The lowest BCUT2D eigenvalue weighted by Crippen LogP contribution is -2.44. The normalized spacial score (nSPS) is 20.1. The molecule has 0 rings (SSSR count). The number of aliphatic hydroxyl groups excluding tert-OH is 4. The quantitative estimate of drug-likeness (QED) is 0.474. The van der Waals surface area contributed by atoms with Gasteiger partial charge in [-0.3, -0.25) is 0 Å². The molecule has 0 heterocycles. The van der Waals surface area contributed by atoms with Crippen LogP contribution in [-0.4, -0.2) is 44.8 Å². The van der Waals surface area contributed by atoms with Crippen molar-refractivity contribution in [2.45, 2.75) is 63.9 Å². The molecule has 0 unspecified atom stereocenters. The fourth-order valence-electron chi connectivity index (χ4n) is 1.39. The summed E-state index contributed by atoms with van der Waals surface area (Å²) >= 11 is 0. The van der Waals surface area contributed by atoms with Gasteiger partial charge in [0.2, 0.25) is 0 Å². The smallest absolute Gasteiger partial charge is 0.108 e. The molecule has 0 bridgehead atoms. The third-order valence-corrected chi connectivity index (χ3v) is 2.31. The molecule has 0 spiro atoms. The van der Waals surface area contributed by atoms with E-state index in [1.807, 2.05) is 13.8 Å². The molecule has 0 aromatic carbocycles. The van der Waals surface area contributed by atoms with Crippen LogP contribution >= 0.6 is 0 Å². The molecule has 0 aromatic rings. The predicted octanol–water partition coefficient (Wildman–Crippen LogP) is 0.0302. The summed E-state index contributed by atoms with van der Waals surface area (Å²) in [7, 11) is 0. The molecule has 86 valence electrons. The fourth-order valence-corrected chi connectivity index (χ4v) is 1.39. The first-order valence-electron chi connectivity index (χ1n) is 5.26. The third-order valence-electron chi connectivity index (χ3n) is 2.31. The summed E-state index contributed by atoms with van der Waals surface area (Å²) < 4.78 is 0. The predicted molar refractivity (Wildman–Crippen MR) is 53.8 cm³/mol. The molecular formula is C10H22O4. The standard InChI is InChI=1S/C10H22O4/c1-3-5-7(11)9(13)10(14)8(12)6-4-2/h7-14H,3-6H2,1-2H3/t7-,8+,9-,10+. The van der Waals surface area contributed by atoms with E-state index in [2.05, 4.69) is 0 Å². The zero-order valence-electron chi connectivity index (χ0n) is 8.93. The van der Waals surface area contributed by atoms with Gasteiger partial charge in [0.05, 0.1) is 12.2 Å². The summed E-state index contributed by atoms with van der Waals surface area (Å²) in [6.45, 7) is 3.76. The van der Waals surface area contributed by atoms with Crippen LogP contribution in [0.4, 0.5) is 0 Å². The molecule has 0 aliphatic rings. The Bertz CT molecular complexity index is 124. The highest BCUT2D eigenvalue weighted by Gasteiger charge is 2.28. The van der Waals surface area contributed by atoms with Crippen molar-refractivity contribution in [1.29, 1.82) is 0 Å². The van der Waals surface area contributed by atoms with Gasteiger partial charge < -0.3 is 20.4 Å². The molecule has 0 amide bonds. The Morgan fingerprint density at radius 1 is 0.714 bits per heavy atom. The third kappa shape index (κ3) is 4.37. The highest BCUT2D eigenvalue weighted by atomic mass is 16.4. The number of hydrogen-bond acceptors (Lipinski definition) is 4. The van der Waals surface area contributed by atoms with Crippen molar-refractivity contribution in [3.63, 3.8) is 0 Å². The van der Waals surface area contributed by atoms with Crippen LogP contribution in [0, 0.1) is 0 Å². The molecular weight excluding hydrogens is 184 g/mol. The average Bonchev–Trinajstić information content (AvgIpc) is 2.16. The molecule has 14 heavy (non-hydrogen) atoms. The molecule has 0 saturated carbocycles. The molecule has 0 saturated heterocycles. The Morgan fingerprint density at radius 3 is 1.21 bits per heavy atom. The van der Waals surface area contributed by atoms with Crippen LogP contribution < -0.4 is 0 Å². The summed E-state index contributed by atoms with van der Waals surface area (Å²) in [6.07, 6.45) is -2.10. The summed E-state index contributed by atoms with van der Waals surface area (Å²) in [5.41, 5.74) is 0. The molecule has 0 aliphatic carbocycles. The minimum atomic E-state index is -1.25. The van der Waals surface area contributed by atoms with Crippen LogP contribution in [0.15, 0.2) is 0 Å². The first kappa shape index (κ1) is 13.8. The second kappa shape index (κ2) is 7.17. The van der Waals surface area contributed by atoms with E-state index < -0.39 is 24.4 Å². The molecule has 4 heteroatoms. The zero-order chi connectivity index (χ0) is 11.1. The van der Waals surface area contributed by atoms with Crippen LogP contribution in [0.2, 0.25) is 0 Å². The largest absolute Gasteiger partial charge is 0.390 e. The minimum absolute atomic E-state index is 0.428. The van der Waals surface area contributed by atoms with Gasteiger partial charge >= 0.3 is 0 Å². The van der Waals surface area contributed by atoms with Gasteiger partial charge in [0.25, 0.3) is 0 Å². The Morgan fingerprint density at radius 2 is 1.00 bits per heavy atom. The van der Waals surface area contributed by atoms with Gasteiger partial charge in [0.1, 0.15) is 12.2 Å². The summed E-state index contributed by atoms with van der Waals surface area (Å²) in [5.74, 6) is 0. The van der Waals surface area contributed by atoms with E-state index in [0.29, 0.717) is 12.8 Å². The first-order chi connectivity index (χ1) is 6.54. The maximum absolute atomic E-state index is 9.45. The maximum Gasteiger partial charge on any atom is 0.108 e. The van der Waals surface area contributed by atoms with E-state index in [4.69, 9.17) is 0 Å². The van der Waals surface area contributed by atoms with Crippen LogP contribution in [-0.2, 0) is 0 Å². The van der Waals surface area contributed by atoms with Crippen molar-refractivity contribution in [2.75, 3.05) is 0 Å². The van der Waals surface area contributed by atoms with Crippen molar-refractivity contribution in [3.8, 4) is 0 Å². The molecule has 0 fully saturated rings. The molecule has 4 nitrogen and oxygen atoms in total. The minimum Gasteiger partial charge on any atom is -0.390 e. The van der Waals surface area contributed by atoms with Gasteiger partial charge in [-0.2, -0.15) is 0 Å². The number of rotatable bonds is 7. The molecule has 0 aromatic heterocycles. The Balaban J connectivity index is 4.01. The Labute approximate surface area is 85.2 Å². The summed E-state index contributed by atoms with van der Waals surface area (Å²) in [6, 6.07) is 0. The van der Waals surface area contributed by atoms with E-state index in [0.717, 1.165) is 12.8 Å². The van der Waals surface area contributed by atoms with E-state index in [1.165, 1.54) is 0 Å². The van der Waals surface area contributed by atoms with Crippen molar-refractivity contribution >= 4 is 0 Å². The van der Waals surface area contributed by atoms with E-state index >= 15 is 0 Å². The van der Waals surface area contributed by atoms with Crippen molar-refractivity contribution in [2.24, 2.45) is 0 Å². The second-order valence-corrected chi connectivity index (χ2v) is 3.69. The molecule has 0 radical (unpaired) electrons. The first-order valence-corrected chi connectivity index (χ1v) is 5.26. The van der Waals surface area contributed by atoms with Gasteiger partial charge in [0, 0.05) is 0 Å². The Kier molecular flexibility index (Phi) is 7.09. The van der Waals surface area contributed by atoms with Crippen molar-refractivity contribution < 1.29 is 20.4 Å². The van der Waals surface area contributed by atoms with Crippen molar-refractivity contribution in [3.05, 3.63) is 0 Å². The van der Waals surface area contributed by atoms with Gasteiger partial charge in [-0.05, 0) is 12.8 Å². The van der Waals surface area contributed by atoms with Gasteiger partial charge in [0.15, 0.2) is 0 Å². The highest BCUT2D eigenvalue weighted by molar-refractivity contribution is 4.80. The van der Waals surface area contributed by atoms with E-state index in [1.54, 1.807) is 0 Å². The molecule has 0 aliphatic heterocycles. The molecule has 4 atom stereocenters. The number of hydrogen-bond donors (Lipinski definition) is 4. The highest BCUT2D eigenvalue weighted by Crippen LogP contribution is 2.12. The lowest BCUT2D eigenvalue weighted by Gasteiger charge is -2.26. The second-order valence-electron chi connectivity index (χ2n) is 3.69. The fraction of sp³-hybridized carbons (Fsp3) is 1.00.